The number of benzene rings is 1. The van der Waals surface area contributed by atoms with E-state index in [2.05, 4.69) is 16.5 Å². The molecule has 0 aliphatic carbocycles. The van der Waals surface area contributed by atoms with Crippen LogP contribution in [0, 0.1) is 0 Å². The number of hydrogen-bond donors (Lipinski definition) is 4. The summed E-state index contributed by atoms with van der Waals surface area (Å²) in [4.78, 5) is 4.68. The van der Waals surface area contributed by atoms with Gasteiger partial charge in [-0.15, -0.1) is 0 Å². The average Bonchev–Trinajstić information content (AvgIpc) is 3.05. The number of imidazole rings is 1. The zero-order chi connectivity index (χ0) is 20.1. The summed E-state index contributed by atoms with van der Waals surface area (Å²) in [5, 5.41) is 40.5. The second-order valence-electron chi connectivity index (χ2n) is 7.26. The van der Waals surface area contributed by atoms with E-state index in [1.807, 2.05) is 24.3 Å². The maximum Gasteiger partial charge on any atom is 0.171 e. The predicted molar refractivity (Wildman–Crippen MR) is 108 cm³/mol. The lowest BCUT2D eigenvalue weighted by molar-refractivity contribution is -0.205. The third-order valence-electron chi connectivity index (χ3n) is 5.17. The Morgan fingerprint density at radius 1 is 1.04 bits per heavy atom. The van der Waals surface area contributed by atoms with Gasteiger partial charge >= 0.3 is 0 Å². The molecular weight excluding hydrogens is 380 g/mol. The molecule has 4 N–H and O–H groups in total. The van der Waals surface area contributed by atoms with E-state index < -0.39 is 36.5 Å². The molecule has 8 heteroatoms. The largest absolute Gasteiger partial charge is 0.394 e. The zero-order valence-electron chi connectivity index (χ0n) is 16.1. The molecule has 1 saturated heterocycles. The first-order valence-corrected chi connectivity index (χ1v) is 10.9. The molecule has 0 radical (unpaired) electrons. The summed E-state index contributed by atoms with van der Waals surface area (Å²) in [7, 11) is 0. The Kier molecular flexibility index (Phi) is 7.73. The average molecular weight is 411 g/mol. The molecule has 0 saturated carbocycles. The summed E-state index contributed by atoms with van der Waals surface area (Å²) in [5.74, 6) is 0. The Bertz CT molecular complexity index is 753. The molecule has 3 rings (SSSR count). The van der Waals surface area contributed by atoms with Crippen molar-refractivity contribution in [2.75, 3.05) is 6.61 Å². The monoisotopic (exact) mass is 410 g/mol. The molecule has 0 amide bonds. The molecule has 1 aromatic heterocycles. The molecule has 0 spiro atoms. The number of aryl methyl sites for hydroxylation is 1. The number of fused-ring (bicyclic) bond motifs is 1. The molecule has 2 aromatic rings. The van der Waals surface area contributed by atoms with Gasteiger partial charge in [0, 0.05) is 6.54 Å². The van der Waals surface area contributed by atoms with Gasteiger partial charge in [-0.2, -0.15) is 0 Å². The topological polar surface area (TPSA) is 108 Å². The van der Waals surface area contributed by atoms with Crippen LogP contribution in [0.3, 0.4) is 0 Å². The first kappa shape index (κ1) is 21.5. The van der Waals surface area contributed by atoms with Crippen LogP contribution >= 0.6 is 11.8 Å². The molecule has 1 aromatic carbocycles. The third kappa shape index (κ3) is 4.69. The maximum atomic E-state index is 10.3. The molecule has 7 nitrogen and oxygen atoms in total. The number of para-hydroxylation sites is 2. The lowest BCUT2D eigenvalue weighted by Crippen LogP contribution is -2.57. The molecule has 1 aliphatic heterocycles. The van der Waals surface area contributed by atoms with Crippen molar-refractivity contribution >= 4 is 22.8 Å². The minimum Gasteiger partial charge on any atom is -0.394 e. The number of aliphatic hydroxyl groups is 4. The smallest absolute Gasteiger partial charge is 0.171 e. The number of rotatable bonds is 9. The maximum absolute atomic E-state index is 10.3. The van der Waals surface area contributed by atoms with Gasteiger partial charge in [-0.1, -0.05) is 56.5 Å². The van der Waals surface area contributed by atoms with E-state index in [9.17, 15) is 20.4 Å². The number of thioether (sulfide) groups is 1. The van der Waals surface area contributed by atoms with Crippen molar-refractivity contribution in [3.05, 3.63) is 24.3 Å². The van der Waals surface area contributed by atoms with Crippen LogP contribution in [0.25, 0.3) is 11.0 Å². The highest BCUT2D eigenvalue weighted by Crippen LogP contribution is 2.34. The van der Waals surface area contributed by atoms with Gasteiger partial charge in [-0.3, -0.25) is 0 Å². The van der Waals surface area contributed by atoms with Gasteiger partial charge in [-0.05, 0) is 18.6 Å². The summed E-state index contributed by atoms with van der Waals surface area (Å²) < 4.78 is 7.76. The minimum atomic E-state index is -1.38. The van der Waals surface area contributed by atoms with E-state index in [1.165, 1.54) is 31.0 Å². The van der Waals surface area contributed by atoms with Crippen molar-refractivity contribution in [2.24, 2.45) is 0 Å². The molecule has 1 fully saturated rings. The van der Waals surface area contributed by atoms with E-state index in [1.54, 1.807) is 0 Å². The second kappa shape index (κ2) is 10.0. The Balaban J connectivity index is 1.78. The Hall–Kier alpha value is -1.16. The molecule has 5 unspecified atom stereocenters. The highest BCUT2D eigenvalue weighted by atomic mass is 32.2. The van der Waals surface area contributed by atoms with Crippen LogP contribution in [0.2, 0.25) is 0 Å². The molecule has 156 valence electrons. The predicted octanol–water partition coefficient (Wildman–Crippen LogP) is 1.90. The Labute approximate surface area is 169 Å². The molecule has 0 bridgehead atoms. The first-order chi connectivity index (χ1) is 13.6. The Morgan fingerprint density at radius 3 is 2.54 bits per heavy atom. The van der Waals surface area contributed by atoms with Crippen molar-refractivity contribution in [1.82, 2.24) is 9.55 Å². The number of unbranched alkanes of at least 4 members (excludes halogenated alkanes) is 4. The molecule has 28 heavy (non-hydrogen) atoms. The highest BCUT2D eigenvalue weighted by molar-refractivity contribution is 7.99. The van der Waals surface area contributed by atoms with Crippen molar-refractivity contribution in [3.8, 4) is 0 Å². The summed E-state index contributed by atoms with van der Waals surface area (Å²) in [6.45, 7) is 2.57. The lowest BCUT2D eigenvalue weighted by atomic mass is 10.0. The van der Waals surface area contributed by atoms with Crippen LogP contribution in [-0.4, -0.2) is 66.4 Å². The fourth-order valence-corrected chi connectivity index (χ4v) is 4.68. The number of ether oxygens (including phenoxy) is 1. The van der Waals surface area contributed by atoms with Crippen LogP contribution < -0.4 is 0 Å². The van der Waals surface area contributed by atoms with Crippen LogP contribution in [0.15, 0.2) is 29.4 Å². The van der Waals surface area contributed by atoms with E-state index >= 15 is 0 Å². The van der Waals surface area contributed by atoms with E-state index in [0.29, 0.717) is 5.16 Å². The fraction of sp³-hybridized carbons (Fsp3) is 0.650. The van der Waals surface area contributed by atoms with Crippen molar-refractivity contribution in [1.29, 1.82) is 0 Å². The zero-order valence-corrected chi connectivity index (χ0v) is 17.0. The first-order valence-electron chi connectivity index (χ1n) is 9.99. The normalized spacial score (nSPS) is 28.1. The number of aliphatic hydroxyl groups excluding tert-OH is 4. The summed E-state index contributed by atoms with van der Waals surface area (Å²) in [6, 6.07) is 7.87. The third-order valence-corrected chi connectivity index (χ3v) is 6.32. The summed E-state index contributed by atoms with van der Waals surface area (Å²) in [5.41, 5.74) is 1.06. The summed E-state index contributed by atoms with van der Waals surface area (Å²) >= 11 is 1.22. The van der Waals surface area contributed by atoms with Gasteiger partial charge in [-0.25, -0.2) is 4.98 Å². The molecule has 5 atom stereocenters. The van der Waals surface area contributed by atoms with Crippen LogP contribution in [0.4, 0.5) is 0 Å². The molecule has 2 heterocycles. The van der Waals surface area contributed by atoms with Crippen LogP contribution in [0.5, 0.6) is 0 Å². The SMILES string of the molecule is CCCCCCCn1c(SC2OC(CO)C(O)C(O)C2O)nc2ccccc21. The van der Waals surface area contributed by atoms with Crippen molar-refractivity contribution < 1.29 is 25.2 Å². The van der Waals surface area contributed by atoms with Crippen LogP contribution in [-0.2, 0) is 11.3 Å². The number of aromatic nitrogens is 2. The standard InChI is InChI=1S/C20H30N2O5S/c1-2-3-4-5-8-11-22-14-10-7-6-9-13(14)21-20(22)28-19-18(26)17(25)16(24)15(12-23)27-19/h6-7,9-10,15-19,23-26H,2-5,8,11-12H2,1H3. The van der Waals surface area contributed by atoms with Gasteiger partial charge in [0.15, 0.2) is 5.16 Å². The van der Waals surface area contributed by atoms with Gasteiger partial charge in [0.1, 0.15) is 29.9 Å². The van der Waals surface area contributed by atoms with E-state index in [4.69, 9.17) is 4.74 Å². The van der Waals surface area contributed by atoms with Crippen molar-refractivity contribution in [2.45, 2.75) is 80.6 Å². The quantitative estimate of drug-likeness (QED) is 0.468. The highest BCUT2D eigenvalue weighted by Gasteiger charge is 2.44. The molecule has 1 aliphatic rings. The van der Waals surface area contributed by atoms with E-state index in [0.717, 1.165) is 30.4 Å². The fourth-order valence-electron chi connectivity index (χ4n) is 3.50. The number of hydrogen-bond acceptors (Lipinski definition) is 7. The Morgan fingerprint density at radius 2 is 1.79 bits per heavy atom. The minimum absolute atomic E-state index is 0.435. The van der Waals surface area contributed by atoms with Gasteiger partial charge in [0.05, 0.1) is 17.6 Å². The second-order valence-corrected chi connectivity index (χ2v) is 8.33. The molecular formula is C20H30N2O5S. The summed E-state index contributed by atoms with van der Waals surface area (Å²) in [6.07, 6.45) is 0.891. The van der Waals surface area contributed by atoms with Gasteiger partial charge < -0.3 is 29.7 Å². The number of nitrogens with zero attached hydrogens (tertiary/aromatic N) is 2. The van der Waals surface area contributed by atoms with Gasteiger partial charge in [0.25, 0.3) is 0 Å². The van der Waals surface area contributed by atoms with Gasteiger partial charge in [0.2, 0.25) is 0 Å². The van der Waals surface area contributed by atoms with Crippen LogP contribution in [0.1, 0.15) is 39.0 Å². The lowest BCUT2D eigenvalue weighted by Gasteiger charge is -2.39. The van der Waals surface area contributed by atoms with E-state index in [-0.39, 0.29) is 0 Å². The van der Waals surface area contributed by atoms with Crippen molar-refractivity contribution in [3.63, 3.8) is 0 Å².